The lowest BCUT2D eigenvalue weighted by Crippen LogP contribution is -2.30. The van der Waals surface area contributed by atoms with Gasteiger partial charge in [0, 0.05) is 19.3 Å². The summed E-state index contributed by atoms with van der Waals surface area (Å²) < 4.78 is 16.9. The van der Waals surface area contributed by atoms with Crippen LogP contribution in [0.4, 0.5) is 0 Å². The lowest BCUT2D eigenvalue weighted by atomic mass is 10.0. The van der Waals surface area contributed by atoms with Crippen molar-refractivity contribution in [2.75, 3.05) is 13.2 Å². The quantitative estimate of drug-likeness (QED) is 0.0261. The molecule has 6 nitrogen and oxygen atoms in total. The third-order valence-corrected chi connectivity index (χ3v) is 13.9. The van der Waals surface area contributed by atoms with E-state index in [1.54, 1.807) is 0 Å². The fraction of sp³-hybridized carbons (Fsp3) is 0.779. The largest absolute Gasteiger partial charge is 0.462 e. The standard InChI is InChI=1S/C68H120O6/c1-4-7-10-13-16-19-22-25-28-29-30-31-32-33-34-35-36-37-38-39-41-43-46-49-52-55-58-61-67(70)73-64-65(63-72-66(69)60-57-54-51-48-45-42-27-24-21-18-15-12-9-6-3)74-68(71)62-59-56-53-50-47-44-40-26-23-20-17-14-11-8-5-2/h8,11,17,20,22,24-27,29-30,40,65H,4-7,9-10,12-16,18-19,21,23,28,31-39,41-64H2,1-3H3/b11-8-,20-17-,25-22-,27-24-,30-29-,40-26-. The van der Waals surface area contributed by atoms with Crippen LogP contribution in [0.15, 0.2) is 72.9 Å². The summed E-state index contributed by atoms with van der Waals surface area (Å²) in [5, 5.41) is 0. The summed E-state index contributed by atoms with van der Waals surface area (Å²) in [6, 6.07) is 0. The molecule has 428 valence electrons. The van der Waals surface area contributed by atoms with Crippen LogP contribution in [0.5, 0.6) is 0 Å². The normalized spacial score (nSPS) is 12.5. The second-order valence-corrected chi connectivity index (χ2v) is 21.3. The predicted molar refractivity (Wildman–Crippen MR) is 321 cm³/mol. The van der Waals surface area contributed by atoms with E-state index in [-0.39, 0.29) is 31.1 Å². The average molecular weight is 1030 g/mol. The van der Waals surface area contributed by atoms with Gasteiger partial charge in [0.25, 0.3) is 0 Å². The highest BCUT2D eigenvalue weighted by molar-refractivity contribution is 5.71. The number of hydrogen-bond donors (Lipinski definition) is 0. The SMILES string of the molecule is CC/C=C\C/C=C\C/C=C\CCCCCCCC(=O)OC(COC(=O)CCCCCCC/C=C\CCCCCCC)COC(=O)CCCCCCCCCCCCCCCCC/C=C\C/C=C\CCCCCCC. The van der Waals surface area contributed by atoms with Gasteiger partial charge in [0.1, 0.15) is 13.2 Å². The second kappa shape index (κ2) is 62.4. The van der Waals surface area contributed by atoms with E-state index in [4.69, 9.17) is 14.2 Å². The molecule has 0 aliphatic heterocycles. The summed E-state index contributed by atoms with van der Waals surface area (Å²) in [6.45, 7) is 6.52. The van der Waals surface area contributed by atoms with E-state index < -0.39 is 6.10 Å². The van der Waals surface area contributed by atoms with Crippen LogP contribution in [0.25, 0.3) is 0 Å². The molecule has 0 aromatic carbocycles. The summed E-state index contributed by atoms with van der Waals surface area (Å²) in [4.78, 5) is 38.2. The maximum Gasteiger partial charge on any atom is 0.306 e. The molecule has 0 fully saturated rings. The van der Waals surface area contributed by atoms with Gasteiger partial charge in [-0.1, -0.05) is 267 Å². The highest BCUT2D eigenvalue weighted by Crippen LogP contribution is 2.16. The van der Waals surface area contributed by atoms with Gasteiger partial charge in [0.15, 0.2) is 6.10 Å². The Morgan fingerprint density at radius 1 is 0.284 bits per heavy atom. The first-order valence-corrected chi connectivity index (χ1v) is 31.9. The summed E-state index contributed by atoms with van der Waals surface area (Å²) in [7, 11) is 0. The number of carbonyl (C=O) groups is 3. The Labute approximate surface area is 459 Å². The van der Waals surface area contributed by atoms with Crippen LogP contribution < -0.4 is 0 Å². The maximum absolute atomic E-state index is 12.9. The molecule has 0 bridgehead atoms. The molecule has 0 rings (SSSR count). The number of carbonyl (C=O) groups excluding carboxylic acids is 3. The fourth-order valence-electron chi connectivity index (χ4n) is 9.13. The zero-order chi connectivity index (χ0) is 53.6. The molecule has 0 spiro atoms. The number of rotatable bonds is 58. The lowest BCUT2D eigenvalue weighted by Gasteiger charge is -2.18. The zero-order valence-corrected chi connectivity index (χ0v) is 49.1. The predicted octanol–water partition coefficient (Wildman–Crippen LogP) is 21.7. The summed E-state index contributed by atoms with van der Waals surface area (Å²) >= 11 is 0. The van der Waals surface area contributed by atoms with Crippen molar-refractivity contribution in [2.24, 2.45) is 0 Å². The Bertz CT molecular complexity index is 1370. The maximum atomic E-state index is 12.9. The van der Waals surface area contributed by atoms with Gasteiger partial charge < -0.3 is 14.2 Å². The van der Waals surface area contributed by atoms with Crippen molar-refractivity contribution < 1.29 is 28.6 Å². The van der Waals surface area contributed by atoms with Crippen LogP contribution in [0.3, 0.4) is 0 Å². The molecule has 74 heavy (non-hydrogen) atoms. The highest BCUT2D eigenvalue weighted by atomic mass is 16.6. The molecule has 0 aromatic rings. The highest BCUT2D eigenvalue weighted by Gasteiger charge is 2.19. The Morgan fingerprint density at radius 3 is 0.838 bits per heavy atom. The molecule has 0 aliphatic rings. The van der Waals surface area contributed by atoms with Crippen molar-refractivity contribution in [3.8, 4) is 0 Å². The molecule has 0 N–H and O–H groups in total. The van der Waals surface area contributed by atoms with E-state index in [1.165, 1.54) is 173 Å². The molecule has 0 radical (unpaired) electrons. The molecular formula is C68H120O6. The van der Waals surface area contributed by atoms with Crippen LogP contribution in [-0.2, 0) is 28.6 Å². The van der Waals surface area contributed by atoms with Gasteiger partial charge in [0.2, 0.25) is 0 Å². The average Bonchev–Trinajstić information content (AvgIpc) is 3.40. The van der Waals surface area contributed by atoms with Crippen molar-refractivity contribution in [2.45, 2.75) is 329 Å². The lowest BCUT2D eigenvalue weighted by molar-refractivity contribution is -0.167. The molecular weight excluding hydrogens is 913 g/mol. The van der Waals surface area contributed by atoms with E-state index in [9.17, 15) is 14.4 Å². The van der Waals surface area contributed by atoms with Gasteiger partial charge in [-0.05, 0) is 109 Å². The number of esters is 3. The van der Waals surface area contributed by atoms with Gasteiger partial charge in [-0.2, -0.15) is 0 Å². The van der Waals surface area contributed by atoms with Crippen molar-refractivity contribution >= 4 is 17.9 Å². The first-order valence-electron chi connectivity index (χ1n) is 31.9. The first kappa shape index (κ1) is 70.8. The Kier molecular flexibility index (Phi) is 59.7. The van der Waals surface area contributed by atoms with Crippen LogP contribution in [0.2, 0.25) is 0 Å². The molecule has 1 unspecified atom stereocenters. The summed E-state index contributed by atoms with van der Waals surface area (Å²) in [6.07, 6.45) is 80.6. The topological polar surface area (TPSA) is 78.9 Å². The third kappa shape index (κ3) is 59.7. The van der Waals surface area contributed by atoms with Gasteiger partial charge >= 0.3 is 17.9 Å². The fourth-order valence-corrected chi connectivity index (χ4v) is 9.13. The van der Waals surface area contributed by atoms with E-state index in [1.807, 2.05) is 0 Å². The molecule has 0 aliphatic carbocycles. The van der Waals surface area contributed by atoms with Gasteiger partial charge in [-0.15, -0.1) is 0 Å². The van der Waals surface area contributed by atoms with E-state index in [2.05, 4.69) is 93.7 Å². The molecule has 0 heterocycles. The monoisotopic (exact) mass is 1030 g/mol. The number of ether oxygens (including phenoxy) is 3. The molecule has 0 saturated heterocycles. The smallest absolute Gasteiger partial charge is 0.306 e. The van der Waals surface area contributed by atoms with Crippen LogP contribution in [0.1, 0.15) is 323 Å². The molecule has 0 saturated carbocycles. The Hall–Kier alpha value is -3.15. The Morgan fingerprint density at radius 2 is 0.527 bits per heavy atom. The van der Waals surface area contributed by atoms with Crippen molar-refractivity contribution in [1.82, 2.24) is 0 Å². The van der Waals surface area contributed by atoms with E-state index in [0.717, 1.165) is 109 Å². The zero-order valence-electron chi connectivity index (χ0n) is 49.1. The van der Waals surface area contributed by atoms with Crippen LogP contribution >= 0.6 is 0 Å². The number of hydrogen-bond acceptors (Lipinski definition) is 6. The van der Waals surface area contributed by atoms with Crippen molar-refractivity contribution in [3.63, 3.8) is 0 Å². The summed E-state index contributed by atoms with van der Waals surface area (Å²) in [5.41, 5.74) is 0. The number of unbranched alkanes of at least 4 members (excludes halogenated alkanes) is 35. The van der Waals surface area contributed by atoms with Crippen LogP contribution in [0, 0.1) is 0 Å². The molecule has 1 atom stereocenters. The number of allylic oxidation sites excluding steroid dienone is 12. The van der Waals surface area contributed by atoms with Crippen molar-refractivity contribution in [3.05, 3.63) is 72.9 Å². The minimum Gasteiger partial charge on any atom is -0.462 e. The molecule has 6 heteroatoms. The van der Waals surface area contributed by atoms with Gasteiger partial charge in [0.05, 0.1) is 0 Å². The minimum absolute atomic E-state index is 0.0833. The molecule has 0 amide bonds. The van der Waals surface area contributed by atoms with Crippen molar-refractivity contribution in [1.29, 1.82) is 0 Å². The molecule has 0 aromatic heterocycles. The third-order valence-electron chi connectivity index (χ3n) is 13.9. The first-order chi connectivity index (χ1) is 36.5. The second-order valence-electron chi connectivity index (χ2n) is 21.3. The summed E-state index contributed by atoms with van der Waals surface area (Å²) in [5.74, 6) is -0.897. The van der Waals surface area contributed by atoms with Gasteiger partial charge in [-0.25, -0.2) is 0 Å². The minimum atomic E-state index is -0.788. The van der Waals surface area contributed by atoms with Gasteiger partial charge in [-0.3, -0.25) is 14.4 Å². The van der Waals surface area contributed by atoms with Crippen LogP contribution in [-0.4, -0.2) is 37.2 Å². The van der Waals surface area contributed by atoms with E-state index >= 15 is 0 Å². The van der Waals surface area contributed by atoms with E-state index in [0.29, 0.717) is 19.3 Å². The Balaban J connectivity index is 4.25.